The molecule has 1 aromatic carbocycles. The molecule has 3 rings (SSSR count). The van der Waals surface area contributed by atoms with Gasteiger partial charge in [0.25, 0.3) is 0 Å². The molecule has 0 bridgehead atoms. The summed E-state index contributed by atoms with van der Waals surface area (Å²) in [5, 5.41) is 6.68. The minimum absolute atomic E-state index is 0.342. The van der Waals surface area contributed by atoms with Crippen LogP contribution in [0.4, 0.5) is 0 Å². The van der Waals surface area contributed by atoms with Crippen molar-refractivity contribution in [2.24, 2.45) is 11.8 Å². The van der Waals surface area contributed by atoms with E-state index < -0.39 is 11.2 Å². The van der Waals surface area contributed by atoms with Crippen molar-refractivity contribution in [2.75, 3.05) is 26.2 Å². The van der Waals surface area contributed by atoms with Gasteiger partial charge in [-0.15, -0.1) is 0 Å². The van der Waals surface area contributed by atoms with Crippen molar-refractivity contribution in [3.63, 3.8) is 0 Å². The Labute approximate surface area is 180 Å². The molecule has 0 aliphatic carbocycles. The summed E-state index contributed by atoms with van der Waals surface area (Å²) in [5.74, 6) is -0.0229. The maximum Gasteiger partial charge on any atom is 0.338 e. The first-order chi connectivity index (χ1) is 14.2. The van der Waals surface area contributed by atoms with Crippen LogP contribution in [0.5, 0.6) is 0 Å². The molecule has 0 amide bonds. The van der Waals surface area contributed by atoms with Crippen LogP contribution in [0.1, 0.15) is 74.1 Å². The van der Waals surface area contributed by atoms with Crippen molar-refractivity contribution < 1.29 is 19.1 Å². The van der Waals surface area contributed by atoms with E-state index in [9.17, 15) is 9.59 Å². The van der Waals surface area contributed by atoms with E-state index in [2.05, 4.69) is 10.6 Å². The molecule has 0 saturated carbocycles. The van der Waals surface area contributed by atoms with Gasteiger partial charge in [0.05, 0.1) is 11.1 Å². The van der Waals surface area contributed by atoms with Crippen molar-refractivity contribution in [3.8, 4) is 0 Å². The number of ether oxygens (including phenoxy) is 2. The van der Waals surface area contributed by atoms with Gasteiger partial charge in [-0.2, -0.15) is 0 Å². The number of nitrogens with one attached hydrogen (secondary N) is 2. The maximum absolute atomic E-state index is 12.7. The summed E-state index contributed by atoms with van der Waals surface area (Å²) in [5.41, 5.74) is -0.136. The summed E-state index contributed by atoms with van der Waals surface area (Å²) in [4.78, 5) is 25.3. The fourth-order valence-electron chi connectivity index (χ4n) is 4.54. The van der Waals surface area contributed by atoms with Crippen molar-refractivity contribution >= 4 is 11.9 Å². The quantitative estimate of drug-likeness (QED) is 0.691. The van der Waals surface area contributed by atoms with Crippen LogP contribution >= 0.6 is 0 Å². The van der Waals surface area contributed by atoms with Crippen LogP contribution in [-0.4, -0.2) is 49.3 Å². The topological polar surface area (TPSA) is 76.7 Å². The highest BCUT2D eigenvalue weighted by molar-refractivity contribution is 5.93. The van der Waals surface area contributed by atoms with Gasteiger partial charge >= 0.3 is 11.9 Å². The molecule has 0 spiro atoms. The first-order valence-electron chi connectivity index (χ1n) is 11.2. The highest BCUT2D eigenvalue weighted by atomic mass is 16.6. The smallest absolute Gasteiger partial charge is 0.338 e. The van der Waals surface area contributed by atoms with Crippen LogP contribution in [0.15, 0.2) is 24.3 Å². The second-order valence-corrected chi connectivity index (χ2v) is 9.61. The minimum Gasteiger partial charge on any atom is -0.456 e. The van der Waals surface area contributed by atoms with E-state index in [4.69, 9.17) is 9.47 Å². The van der Waals surface area contributed by atoms with E-state index in [0.29, 0.717) is 23.0 Å². The van der Waals surface area contributed by atoms with E-state index in [-0.39, 0.29) is 11.9 Å². The number of esters is 2. The minimum atomic E-state index is -0.518. The van der Waals surface area contributed by atoms with Crippen LogP contribution in [0.25, 0.3) is 0 Å². The summed E-state index contributed by atoms with van der Waals surface area (Å²) in [6.45, 7) is 11.7. The number of piperidine rings is 2. The van der Waals surface area contributed by atoms with E-state index in [1.807, 2.05) is 27.7 Å². The molecule has 2 fully saturated rings. The van der Waals surface area contributed by atoms with Gasteiger partial charge in [-0.25, -0.2) is 9.59 Å². The zero-order valence-corrected chi connectivity index (χ0v) is 18.8. The third-order valence-corrected chi connectivity index (χ3v) is 6.71. The van der Waals surface area contributed by atoms with Gasteiger partial charge < -0.3 is 20.1 Å². The van der Waals surface area contributed by atoms with E-state index in [1.54, 1.807) is 24.3 Å². The Morgan fingerprint density at radius 2 is 1.00 bits per heavy atom. The Kier molecular flexibility index (Phi) is 7.19. The van der Waals surface area contributed by atoms with Crippen LogP contribution in [-0.2, 0) is 9.47 Å². The monoisotopic (exact) mass is 416 g/mol. The average Bonchev–Trinajstić information content (AvgIpc) is 2.74. The van der Waals surface area contributed by atoms with Gasteiger partial charge in [-0.05, 0) is 104 Å². The lowest BCUT2D eigenvalue weighted by atomic mass is 9.83. The lowest BCUT2D eigenvalue weighted by Crippen LogP contribution is -2.43. The van der Waals surface area contributed by atoms with E-state index in [0.717, 1.165) is 51.9 Å². The Bertz CT molecular complexity index is 667. The number of rotatable bonds is 6. The molecule has 6 heteroatoms. The average molecular weight is 417 g/mol. The van der Waals surface area contributed by atoms with Crippen molar-refractivity contribution in [1.82, 2.24) is 10.6 Å². The standard InChI is InChI=1S/C24H36N2O4/c1-23(2,19-9-13-25-14-10-19)29-21(27)17-5-7-18(8-6-17)22(28)30-24(3,4)20-11-15-26-16-12-20/h5-8,19-20,25-26H,9-16H2,1-4H3. The van der Waals surface area contributed by atoms with Crippen molar-refractivity contribution in [1.29, 1.82) is 0 Å². The largest absolute Gasteiger partial charge is 0.456 e. The number of hydrogen-bond acceptors (Lipinski definition) is 6. The summed E-state index contributed by atoms with van der Waals surface area (Å²) < 4.78 is 11.7. The molecule has 2 saturated heterocycles. The fraction of sp³-hybridized carbons (Fsp3) is 0.667. The lowest BCUT2D eigenvalue weighted by molar-refractivity contribution is -0.0380. The number of hydrogen-bond donors (Lipinski definition) is 2. The molecule has 2 aliphatic rings. The zero-order valence-electron chi connectivity index (χ0n) is 18.8. The predicted octanol–water partition coefficient (Wildman–Crippen LogP) is 3.56. The first kappa shape index (κ1) is 22.8. The molecular weight excluding hydrogens is 380 g/mol. The van der Waals surface area contributed by atoms with E-state index in [1.165, 1.54) is 0 Å². The SMILES string of the molecule is CC(C)(OC(=O)c1ccc(C(=O)OC(C)(C)C2CCNCC2)cc1)C1CCNCC1. The predicted molar refractivity (Wildman–Crippen MR) is 117 cm³/mol. The number of carbonyl (C=O) groups excluding carboxylic acids is 2. The van der Waals surface area contributed by atoms with Gasteiger partial charge in [-0.1, -0.05) is 0 Å². The molecule has 0 unspecified atom stereocenters. The highest BCUT2D eigenvalue weighted by Crippen LogP contribution is 2.31. The maximum atomic E-state index is 12.7. The third-order valence-electron chi connectivity index (χ3n) is 6.71. The second kappa shape index (κ2) is 9.48. The Morgan fingerprint density at radius 3 is 1.30 bits per heavy atom. The van der Waals surface area contributed by atoms with Crippen molar-refractivity contribution in [3.05, 3.63) is 35.4 Å². The summed E-state index contributed by atoms with van der Waals surface area (Å²) >= 11 is 0. The van der Waals surface area contributed by atoms with Gasteiger partial charge in [0, 0.05) is 11.8 Å². The molecule has 2 aliphatic heterocycles. The number of carbonyl (C=O) groups is 2. The Hall–Kier alpha value is -1.92. The molecule has 2 heterocycles. The molecule has 30 heavy (non-hydrogen) atoms. The Balaban J connectivity index is 1.59. The van der Waals surface area contributed by atoms with Gasteiger partial charge in [0.15, 0.2) is 0 Å². The van der Waals surface area contributed by atoms with Gasteiger partial charge in [-0.3, -0.25) is 0 Å². The molecule has 0 radical (unpaired) electrons. The first-order valence-corrected chi connectivity index (χ1v) is 11.2. The van der Waals surface area contributed by atoms with Crippen molar-refractivity contribution in [2.45, 2.75) is 64.6 Å². The van der Waals surface area contributed by atoms with Crippen LogP contribution in [0.3, 0.4) is 0 Å². The fourth-order valence-corrected chi connectivity index (χ4v) is 4.54. The third kappa shape index (κ3) is 5.61. The molecule has 166 valence electrons. The summed E-state index contributed by atoms with van der Waals surface area (Å²) in [6.07, 6.45) is 3.99. The van der Waals surface area contributed by atoms with Crippen LogP contribution < -0.4 is 10.6 Å². The van der Waals surface area contributed by atoms with E-state index >= 15 is 0 Å². The summed E-state index contributed by atoms with van der Waals surface area (Å²) in [6, 6.07) is 6.59. The molecule has 0 aromatic heterocycles. The highest BCUT2D eigenvalue weighted by Gasteiger charge is 2.35. The lowest BCUT2D eigenvalue weighted by Gasteiger charge is -2.37. The van der Waals surface area contributed by atoms with Gasteiger partial charge in [0.2, 0.25) is 0 Å². The molecular formula is C24H36N2O4. The molecule has 2 N–H and O–H groups in total. The molecule has 1 aromatic rings. The molecule has 6 nitrogen and oxygen atoms in total. The Morgan fingerprint density at radius 1 is 0.700 bits per heavy atom. The van der Waals surface area contributed by atoms with Crippen LogP contribution in [0, 0.1) is 11.8 Å². The molecule has 0 atom stereocenters. The normalized spacial score (nSPS) is 19.3. The number of benzene rings is 1. The summed E-state index contributed by atoms with van der Waals surface area (Å²) in [7, 11) is 0. The van der Waals surface area contributed by atoms with Crippen LogP contribution in [0.2, 0.25) is 0 Å². The zero-order chi connectivity index (χ0) is 21.8. The van der Waals surface area contributed by atoms with Gasteiger partial charge in [0.1, 0.15) is 11.2 Å². The second-order valence-electron chi connectivity index (χ2n) is 9.61.